The molecule has 0 aromatic carbocycles. The van der Waals surface area contributed by atoms with Gasteiger partial charge in [0.05, 0.1) is 0 Å². The number of rotatable bonds is 56. The van der Waals surface area contributed by atoms with E-state index in [-0.39, 0.29) is 31.1 Å². The zero-order chi connectivity index (χ0) is 48.6. The van der Waals surface area contributed by atoms with Crippen molar-refractivity contribution in [3.05, 3.63) is 12.2 Å². The average Bonchev–Trinajstić information content (AvgIpc) is 3.33. The van der Waals surface area contributed by atoms with E-state index in [9.17, 15) is 14.4 Å². The van der Waals surface area contributed by atoms with Gasteiger partial charge in [-0.15, -0.1) is 0 Å². The van der Waals surface area contributed by atoms with E-state index in [0.29, 0.717) is 19.3 Å². The monoisotopic (exact) mass is 945 g/mol. The third kappa shape index (κ3) is 55.0. The Hall–Kier alpha value is -1.85. The van der Waals surface area contributed by atoms with Gasteiger partial charge < -0.3 is 14.2 Å². The SMILES string of the molecule is CCCCC/C=C\CCCCCCCC(=O)OCC(COC(=O)CCCCCCCCCCCCCCCCCCCCCCC)OC(=O)CCCCCCCCCCCCCCCCCC. The summed E-state index contributed by atoms with van der Waals surface area (Å²) in [6, 6.07) is 0. The minimum Gasteiger partial charge on any atom is -0.462 e. The standard InChI is InChI=1S/C61H116O6/c1-4-7-10-13-16-19-22-25-27-29-30-31-32-33-35-36-39-42-45-48-51-54-60(63)66-57-58(56-65-59(62)53-50-47-44-41-38-24-21-18-15-12-9-6-3)67-61(64)55-52-49-46-43-40-37-34-28-26-23-20-17-14-11-8-5-2/h18,21,58H,4-17,19-20,22-57H2,1-3H3/b21-18-. The van der Waals surface area contributed by atoms with E-state index >= 15 is 0 Å². The Morgan fingerprint density at radius 3 is 0.776 bits per heavy atom. The van der Waals surface area contributed by atoms with Crippen LogP contribution in [0.2, 0.25) is 0 Å². The number of hydrogen-bond donors (Lipinski definition) is 0. The molecule has 0 aromatic rings. The fraction of sp³-hybridized carbons (Fsp3) is 0.918. The molecule has 0 heterocycles. The highest BCUT2D eigenvalue weighted by molar-refractivity contribution is 5.71. The zero-order valence-corrected chi connectivity index (χ0v) is 45.5. The quantitative estimate of drug-likeness (QED) is 0.0262. The molecule has 0 aliphatic carbocycles. The van der Waals surface area contributed by atoms with Gasteiger partial charge in [-0.05, 0) is 44.9 Å². The second kappa shape index (κ2) is 56.7. The molecule has 0 N–H and O–H groups in total. The van der Waals surface area contributed by atoms with Gasteiger partial charge in [-0.1, -0.05) is 290 Å². The fourth-order valence-corrected chi connectivity index (χ4v) is 9.21. The molecule has 0 rings (SSSR count). The van der Waals surface area contributed by atoms with Crippen LogP contribution < -0.4 is 0 Å². The minimum absolute atomic E-state index is 0.0664. The summed E-state index contributed by atoms with van der Waals surface area (Å²) in [6.45, 7) is 6.67. The summed E-state index contributed by atoms with van der Waals surface area (Å²) in [5.74, 6) is -0.850. The van der Waals surface area contributed by atoms with Crippen LogP contribution in [0.25, 0.3) is 0 Å². The summed E-state index contributed by atoms with van der Waals surface area (Å²) >= 11 is 0. The molecule has 0 spiro atoms. The summed E-state index contributed by atoms with van der Waals surface area (Å²) in [5.41, 5.74) is 0. The van der Waals surface area contributed by atoms with Crippen LogP contribution in [-0.4, -0.2) is 37.2 Å². The van der Waals surface area contributed by atoms with Crippen LogP contribution in [0.15, 0.2) is 12.2 Å². The molecule has 6 nitrogen and oxygen atoms in total. The highest BCUT2D eigenvalue weighted by atomic mass is 16.6. The highest BCUT2D eigenvalue weighted by Gasteiger charge is 2.19. The molecular formula is C61H116O6. The van der Waals surface area contributed by atoms with Crippen LogP contribution in [0.4, 0.5) is 0 Å². The van der Waals surface area contributed by atoms with E-state index < -0.39 is 6.10 Å². The summed E-state index contributed by atoms with van der Waals surface area (Å²) in [4.78, 5) is 38.1. The van der Waals surface area contributed by atoms with E-state index in [4.69, 9.17) is 14.2 Å². The van der Waals surface area contributed by atoms with Crippen LogP contribution in [0.3, 0.4) is 0 Å². The van der Waals surface area contributed by atoms with Crippen molar-refractivity contribution in [1.29, 1.82) is 0 Å². The normalized spacial score (nSPS) is 12.0. The molecule has 0 saturated carbocycles. The maximum atomic E-state index is 12.9. The highest BCUT2D eigenvalue weighted by Crippen LogP contribution is 2.18. The molecule has 396 valence electrons. The smallest absolute Gasteiger partial charge is 0.306 e. The lowest BCUT2D eigenvalue weighted by atomic mass is 10.0. The Morgan fingerprint density at radius 1 is 0.284 bits per heavy atom. The lowest BCUT2D eigenvalue weighted by Gasteiger charge is -2.18. The van der Waals surface area contributed by atoms with Gasteiger partial charge in [-0.2, -0.15) is 0 Å². The first-order valence-corrected chi connectivity index (χ1v) is 30.2. The van der Waals surface area contributed by atoms with E-state index in [1.807, 2.05) is 0 Å². The number of carbonyl (C=O) groups excluding carboxylic acids is 3. The van der Waals surface area contributed by atoms with Gasteiger partial charge in [-0.25, -0.2) is 0 Å². The summed E-state index contributed by atoms with van der Waals surface area (Å²) in [7, 11) is 0. The molecule has 1 atom stereocenters. The van der Waals surface area contributed by atoms with Crippen LogP contribution in [0, 0.1) is 0 Å². The van der Waals surface area contributed by atoms with E-state index in [0.717, 1.165) is 64.2 Å². The molecule has 0 aliphatic heterocycles. The minimum atomic E-state index is -0.767. The van der Waals surface area contributed by atoms with Gasteiger partial charge >= 0.3 is 17.9 Å². The van der Waals surface area contributed by atoms with Crippen molar-refractivity contribution in [1.82, 2.24) is 0 Å². The van der Waals surface area contributed by atoms with Crippen molar-refractivity contribution in [3.8, 4) is 0 Å². The van der Waals surface area contributed by atoms with Crippen LogP contribution in [0.1, 0.15) is 342 Å². The molecule has 0 aromatic heterocycles. The Labute approximate surface area is 418 Å². The first-order valence-electron chi connectivity index (χ1n) is 30.2. The maximum absolute atomic E-state index is 12.9. The second-order valence-corrected chi connectivity index (χ2v) is 20.6. The number of hydrogen-bond acceptors (Lipinski definition) is 6. The number of allylic oxidation sites excluding steroid dienone is 2. The number of unbranched alkanes of at least 4 members (excludes halogenated alkanes) is 43. The Bertz CT molecular complexity index is 1040. The molecule has 0 bridgehead atoms. The zero-order valence-electron chi connectivity index (χ0n) is 45.5. The lowest BCUT2D eigenvalue weighted by molar-refractivity contribution is -0.167. The third-order valence-corrected chi connectivity index (χ3v) is 13.8. The summed E-state index contributed by atoms with van der Waals surface area (Å²) < 4.78 is 16.9. The largest absolute Gasteiger partial charge is 0.462 e. The van der Waals surface area contributed by atoms with Gasteiger partial charge in [0, 0.05) is 19.3 Å². The molecule has 1 unspecified atom stereocenters. The first-order chi connectivity index (χ1) is 33.0. The maximum Gasteiger partial charge on any atom is 0.306 e. The van der Waals surface area contributed by atoms with E-state index in [1.54, 1.807) is 0 Å². The summed E-state index contributed by atoms with van der Waals surface area (Å²) in [5, 5.41) is 0. The molecule has 0 fully saturated rings. The third-order valence-electron chi connectivity index (χ3n) is 13.8. The lowest BCUT2D eigenvalue weighted by Crippen LogP contribution is -2.30. The first kappa shape index (κ1) is 65.1. The van der Waals surface area contributed by atoms with Gasteiger partial charge in [0.2, 0.25) is 0 Å². The van der Waals surface area contributed by atoms with E-state index in [1.165, 1.54) is 238 Å². The molecule has 0 aliphatic rings. The van der Waals surface area contributed by atoms with Gasteiger partial charge in [0.25, 0.3) is 0 Å². The van der Waals surface area contributed by atoms with Crippen molar-refractivity contribution in [3.63, 3.8) is 0 Å². The van der Waals surface area contributed by atoms with Gasteiger partial charge in [-0.3, -0.25) is 14.4 Å². The van der Waals surface area contributed by atoms with Crippen molar-refractivity contribution in [2.75, 3.05) is 13.2 Å². The van der Waals surface area contributed by atoms with Crippen molar-refractivity contribution in [2.24, 2.45) is 0 Å². The van der Waals surface area contributed by atoms with Gasteiger partial charge in [0.1, 0.15) is 13.2 Å². The van der Waals surface area contributed by atoms with Crippen LogP contribution in [0.5, 0.6) is 0 Å². The molecular weight excluding hydrogens is 829 g/mol. The molecule has 0 amide bonds. The predicted molar refractivity (Wildman–Crippen MR) is 289 cm³/mol. The molecule has 67 heavy (non-hydrogen) atoms. The number of esters is 3. The molecule has 6 heteroatoms. The van der Waals surface area contributed by atoms with Crippen LogP contribution in [-0.2, 0) is 28.6 Å². The Kier molecular flexibility index (Phi) is 55.2. The Morgan fingerprint density at radius 2 is 0.493 bits per heavy atom. The van der Waals surface area contributed by atoms with Crippen molar-refractivity contribution < 1.29 is 28.6 Å². The number of ether oxygens (including phenoxy) is 3. The Balaban J connectivity index is 4.24. The number of carbonyl (C=O) groups is 3. The topological polar surface area (TPSA) is 78.9 Å². The fourth-order valence-electron chi connectivity index (χ4n) is 9.21. The molecule has 0 radical (unpaired) electrons. The summed E-state index contributed by atoms with van der Waals surface area (Å²) in [6.07, 6.45) is 65.0. The predicted octanol–water partition coefficient (Wildman–Crippen LogP) is 20.1. The average molecular weight is 946 g/mol. The second-order valence-electron chi connectivity index (χ2n) is 20.6. The van der Waals surface area contributed by atoms with Crippen LogP contribution >= 0.6 is 0 Å². The van der Waals surface area contributed by atoms with E-state index in [2.05, 4.69) is 32.9 Å². The van der Waals surface area contributed by atoms with Crippen molar-refractivity contribution >= 4 is 17.9 Å². The molecule has 0 saturated heterocycles. The van der Waals surface area contributed by atoms with Gasteiger partial charge in [0.15, 0.2) is 6.10 Å². The van der Waals surface area contributed by atoms with Crippen molar-refractivity contribution in [2.45, 2.75) is 348 Å².